The summed E-state index contributed by atoms with van der Waals surface area (Å²) >= 11 is 4.94. The number of benzene rings is 1. The molecule has 2 heterocycles. The average Bonchev–Trinajstić information content (AvgIpc) is 3.10. The molecule has 20 heavy (non-hydrogen) atoms. The van der Waals surface area contributed by atoms with Gasteiger partial charge < -0.3 is 0 Å². The molecule has 0 bridgehead atoms. The number of carbonyl (C=O) groups is 1. The Morgan fingerprint density at radius 3 is 2.75 bits per heavy atom. The van der Waals surface area contributed by atoms with Gasteiger partial charge in [0.2, 0.25) is 4.77 Å². The van der Waals surface area contributed by atoms with E-state index in [1.165, 1.54) is 11.0 Å². The number of hydrogen-bond donors (Lipinski definition) is 3. The summed E-state index contributed by atoms with van der Waals surface area (Å²) in [7, 11) is 0. The van der Waals surface area contributed by atoms with E-state index in [0.29, 0.717) is 16.2 Å². The first-order chi connectivity index (χ1) is 9.74. The minimum atomic E-state index is -0.350. The van der Waals surface area contributed by atoms with Gasteiger partial charge in [-0.05, 0) is 18.3 Å². The Hall–Kier alpha value is -2.74. The molecule has 1 amide bonds. The van der Waals surface area contributed by atoms with Gasteiger partial charge in [-0.25, -0.2) is 4.68 Å². The highest BCUT2D eigenvalue weighted by Gasteiger charge is 2.11. The number of carbonyl (C=O) groups excluding carboxylic acids is 1. The van der Waals surface area contributed by atoms with Crippen LogP contribution in [-0.4, -0.2) is 31.0 Å². The second-order valence-corrected chi connectivity index (χ2v) is 4.39. The van der Waals surface area contributed by atoms with Gasteiger partial charge in [0, 0.05) is 5.56 Å². The van der Waals surface area contributed by atoms with Crippen LogP contribution < -0.4 is 5.43 Å². The first-order valence-electron chi connectivity index (χ1n) is 5.78. The predicted octanol–water partition coefficient (Wildman–Crippen LogP) is 1.71. The van der Waals surface area contributed by atoms with Crippen molar-refractivity contribution in [3.8, 4) is 11.3 Å². The van der Waals surface area contributed by atoms with E-state index in [1.807, 2.05) is 30.3 Å². The van der Waals surface area contributed by atoms with Crippen molar-refractivity contribution in [1.29, 1.82) is 0 Å². The molecular formula is C12H10N6OS. The summed E-state index contributed by atoms with van der Waals surface area (Å²) in [6, 6.07) is 11.3. The lowest BCUT2D eigenvalue weighted by atomic mass is 10.1. The van der Waals surface area contributed by atoms with Gasteiger partial charge in [-0.2, -0.15) is 10.2 Å². The van der Waals surface area contributed by atoms with Crippen LogP contribution in [0.4, 0.5) is 0 Å². The Labute approximate surface area is 118 Å². The number of amides is 1. The number of hydrogen-bond acceptors (Lipinski definition) is 4. The van der Waals surface area contributed by atoms with Crippen molar-refractivity contribution in [3.63, 3.8) is 0 Å². The van der Waals surface area contributed by atoms with Crippen LogP contribution in [0.3, 0.4) is 0 Å². The minimum absolute atomic E-state index is 0.307. The first-order valence-corrected chi connectivity index (χ1v) is 6.19. The van der Waals surface area contributed by atoms with Gasteiger partial charge in [-0.15, -0.1) is 0 Å². The molecule has 7 nitrogen and oxygen atoms in total. The Bertz CT molecular complexity index is 787. The molecule has 100 valence electrons. The monoisotopic (exact) mass is 286 g/mol. The fourth-order valence-electron chi connectivity index (χ4n) is 1.69. The lowest BCUT2D eigenvalue weighted by Gasteiger charge is -2.01. The van der Waals surface area contributed by atoms with E-state index in [9.17, 15) is 4.79 Å². The maximum absolute atomic E-state index is 12.0. The number of aromatic amines is 2. The number of rotatable bonds is 3. The van der Waals surface area contributed by atoms with Crippen molar-refractivity contribution in [2.75, 3.05) is 5.43 Å². The van der Waals surface area contributed by atoms with Crippen molar-refractivity contribution < 1.29 is 4.79 Å². The number of nitrogens with one attached hydrogen (secondary N) is 3. The molecule has 0 aliphatic carbocycles. The Kier molecular flexibility index (Phi) is 3.13. The van der Waals surface area contributed by atoms with Crippen LogP contribution in [-0.2, 0) is 0 Å². The molecule has 0 aliphatic rings. The highest BCUT2D eigenvalue weighted by Crippen LogP contribution is 2.16. The van der Waals surface area contributed by atoms with E-state index in [-0.39, 0.29) is 5.91 Å². The third kappa shape index (κ3) is 2.36. The second-order valence-electron chi connectivity index (χ2n) is 4.01. The predicted molar refractivity (Wildman–Crippen MR) is 75.1 cm³/mol. The molecule has 2 aromatic heterocycles. The maximum Gasteiger partial charge on any atom is 0.288 e. The maximum atomic E-state index is 12.0. The van der Waals surface area contributed by atoms with E-state index in [4.69, 9.17) is 12.2 Å². The summed E-state index contributed by atoms with van der Waals surface area (Å²) in [5, 5.41) is 13.1. The van der Waals surface area contributed by atoms with Crippen molar-refractivity contribution in [1.82, 2.24) is 25.1 Å². The van der Waals surface area contributed by atoms with Crippen LogP contribution in [0.2, 0.25) is 0 Å². The molecule has 0 atom stereocenters. The van der Waals surface area contributed by atoms with E-state index in [0.717, 1.165) is 5.56 Å². The molecule has 0 spiro atoms. The van der Waals surface area contributed by atoms with Crippen LogP contribution in [0.5, 0.6) is 0 Å². The van der Waals surface area contributed by atoms with E-state index < -0.39 is 0 Å². The van der Waals surface area contributed by atoms with Gasteiger partial charge in [0.25, 0.3) is 5.91 Å². The third-order valence-corrected chi connectivity index (χ3v) is 2.95. The topological polar surface area (TPSA) is 91.4 Å². The van der Waals surface area contributed by atoms with Gasteiger partial charge in [0.05, 0.1) is 5.69 Å². The zero-order valence-electron chi connectivity index (χ0n) is 10.2. The zero-order valence-corrected chi connectivity index (χ0v) is 11.0. The lowest BCUT2D eigenvalue weighted by molar-refractivity contribution is 0.100. The summed E-state index contributed by atoms with van der Waals surface area (Å²) in [6.45, 7) is 0. The summed E-state index contributed by atoms with van der Waals surface area (Å²) < 4.78 is 1.63. The summed E-state index contributed by atoms with van der Waals surface area (Å²) in [4.78, 5) is 12.0. The summed E-state index contributed by atoms with van der Waals surface area (Å²) in [6.07, 6.45) is 1.38. The summed E-state index contributed by atoms with van der Waals surface area (Å²) in [5.74, 6) is -0.350. The molecule has 3 N–H and O–H groups in total. The van der Waals surface area contributed by atoms with Crippen LogP contribution in [0.1, 0.15) is 10.5 Å². The fourth-order valence-corrected chi connectivity index (χ4v) is 1.84. The number of aromatic nitrogens is 5. The molecule has 0 fully saturated rings. The Balaban J connectivity index is 1.82. The minimum Gasteiger partial charge on any atom is -0.272 e. The molecule has 0 saturated heterocycles. The highest BCUT2D eigenvalue weighted by molar-refractivity contribution is 7.71. The molecule has 1 aromatic carbocycles. The van der Waals surface area contributed by atoms with Crippen LogP contribution >= 0.6 is 12.2 Å². The van der Waals surface area contributed by atoms with Crippen molar-refractivity contribution >= 4 is 18.1 Å². The Morgan fingerprint density at radius 2 is 2.05 bits per heavy atom. The van der Waals surface area contributed by atoms with E-state index >= 15 is 0 Å². The van der Waals surface area contributed by atoms with Crippen LogP contribution in [0, 0.1) is 4.77 Å². The number of H-pyrrole nitrogens is 2. The molecule has 0 unspecified atom stereocenters. The molecule has 3 aromatic rings. The van der Waals surface area contributed by atoms with E-state index in [2.05, 4.69) is 25.8 Å². The zero-order chi connectivity index (χ0) is 13.9. The van der Waals surface area contributed by atoms with E-state index in [1.54, 1.807) is 6.07 Å². The Morgan fingerprint density at radius 1 is 1.25 bits per heavy atom. The van der Waals surface area contributed by atoms with Gasteiger partial charge >= 0.3 is 0 Å². The van der Waals surface area contributed by atoms with Gasteiger partial charge in [0.1, 0.15) is 12.0 Å². The average molecular weight is 286 g/mol. The van der Waals surface area contributed by atoms with Gasteiger partial charge in [-0.3, -0.25) is 20.4 Å². The van der Waals surface area contributed by atoms with Gasteiger partial charge in [0.15, 0.2) is 0 Å². The molecule has 0 saturated carbocycles. The number of nitrogens with zero attached hydrogens (tertiary/aromatic N) is 3. The normalized spacial score (nSPS) is 10.4. The van der Waals surface area contributed by atoms with Crippen molar-refractivity contribution in [2.24, 2.45) is 0 Å². The smallest absolute Gasteiger partial charge is 0.272 e. The molecule has 0 aliphatic heterocycles. The van der Waals surface area contributed by atoms with Gasteiger partial charge in [-0.1, -0.05) is 30.3 Å². The molecular weight excluding hydrogens is 276 g/mol. The lowest BCUT2D eigenvalue weighted by Crippen LogP contribution is -2.22. The largest absolute Gasteiger partial charge is 0.288 e. The molecule has 0 radical (unpaired) electrons. The molecule has 3 rings (SSSR count). The standard InChI is InChI=1S/C12H10N6OS/c19-11(17-18-7-13-16-12(18)20)10-6-9(14-15-10)8-4-2-1-3-5-8/h1-7H,(H,14,15)(H,16,20)(H,17,19). The van der Waals surface area contributed by atoms with Crippen LogP contribution in [0.25, 0.3) is 11.3 Å². The SMILES string of the molecule is O=C(Nn1cn[nH]c1=S)c1cc(-c2ccccc2)n[nH]1. The first kappa shape index (κ1) is 12.3. The summed E-state index contributed by atoms with van der Waals surface area (Å²) in [5.41, 5.74) is 4.55. The fraction of sp³-hybridized carbons (Fsp3) is 0. The third-order valence-electron chi connectivity index (χ3n) is 2.67. The highest BCUT2D eigenvalue weighted by atomic mass is 32.1. The van der Waals surface area contributed by atoms with Crippen molar-refractivity contribution in [2.45, 2.75) is 0 Å². The van der Waals surface area contributed by atoms with Crippen molar-refractivity contribution in [3.05, 3.63) is 53.2 Å². The van der Waals surface area contributed by atoms with Crippen LogP contribution in [0.15, 0.2) is 42.7 Å². The molecule has 8 heteroatoms. The second kappa shape index (κ2) is 5.10. The quantitative estimate of drug-likeness (QED) is 0.639.